The first kappa shape index (κ1) is 15.2. The fraction of sp³-hybridized carbons (Fsp3) is 0.810. The second kappa shape index (κ2) is 4.74. The number of rotatable bonds is 3. The summed E-state index contributed by atoms with van der Waals surface area (Å²) in [7, 11) is 0. The van der Waals surface area contributed by atoms with Gasteiger partial charge in [-0.05, 0) is 94.8 Å². The summed E-state index contributed by atoms with van der Waals surface area (Å²) in [4.78, 5) is 25.4. The summed E-state index contributed by atoms with van der Waals surface area (Å²) in [5.41, 5.74) is -0.160. The van der Waals surface area contributed by atoms with Crippen molar-refractivity contribution < 1.29 is 14.3 Å². The molecule has 6 aliphatic rings. The molecule has 0 aromatic carbocycles. The van der Waals surface area contributed by atoms with Crippen LogP contribution >= 0.6 is 0 Å². The fourth-order valence-electron chi connectivity index (χ4n) is 7.20. The lowest BCUT2D eigenvalue weighted by Gasteiger charge is -2.59. The molecule has 0 aromatic rings. The van der Waals surface area contributed by atoms with Gasteiger partial charge in [0, 0.05) is 5.57 Å². The van der Waals surface area contributed by atoms with Crippen molar-refractivity contribution in [3.05, 3.63) is 11.6 Å². The zero-order valence-corrected chi connectivity index (χ0v) is 14.8. The number of esters is 1. The molecular weight excluding hydrogens is 300 g/mol. The van der Waals surface area contributed by atoms with Crippen molar-refractivity contribution in [1.82, 2.24) is 0 Å². The van der Waals surface area contributed by atoms with Crippen LogP contribution in [0.25, 0.3) is 0 Å². The van der Waals surface area contributed by atoms with Gasteiger partial charge in [0.25, 0.3) is 0 Å². The van der Waals surface area contributed by atoms with Gasteiger partial charge in [-0.3, -0.25) is 9.59 Å². The third-order valence-electron chi connectivity index (χ3n) is 8.31. The molecule has 0 radical (unpaired) electrons. The number of hydrogen-bond acceptors (Lipinski definition) is 3. The van der Waals surface area contributed by atoms with Gasteiger partial charge in [-0.1, -0.05) is 6.08 Å². The van der Waals surface area contributed by atoms with Gasteiger partial charge in [-0.2, -0.15) is 0 Å². The molecular formula is C21H28O3. The Kier molecular flexibility index (Phi) is 2.99. The van der Waals surface area contributed by atoms with Crippen molar-refractivity contribution >= 4 is 11.8 Å². The Labute approximate surface area is 144 Å². The summed E-state index contributed by atoms with van der Waals surface area (Å²) in [6, 6.07) is 0. The Morgan fingerprint density at radius 3 is 2.25 bits per heavy atom. The number of ketones is 1. The minimum atomic E-state index is -0.617. The molecule has 2 unspecified atom stereocenters. The lowest BCUT2D eigenvalue weighted by Crippen LogP contribution is -2.59. The van der Waals surface area contributed by atoms with Crippen molar-refractivity contribution in [2.24, 2.45) is 35.0 Å². The number of ether oxygens (including phenoxy) is 1. The lowest BCUT2D eigenvalue weighted by molar-refractivity contribution is -0.210. The molecule has 6 bridgehead atoms. The van der Waals surface area contributed by atoms with E-state index >= 15 is 0 Å². The van der Waals surface area contributed by atoms with E-state index in [-0.39, 0.29) is 17.4 Å². The average Bonchev–Trinajstić information content (AvgIpc) is 3.12. The summed E-state index contributed by atoms with van der Waals surface area (Å²) in [5, 5.41) is 0. The van der Waals surface area contributed by atoms with Crippen LogP contribution in [0.4, 0.5) is 0 Å². The highest BCUT2D eigenvalue weighted by Crippen LogP contribution is 2.61. The van der Waals surface area contributed by atoms with Gasteiger partial charge in [0.1, 0.15) is 5.60 Å². The number of carbonyl (C=O) groups is 2. The zero-order valence-electron chi connectivity index (χ0n) is 14.8. The summed E-state index contributed by atoms with van der Waals surface area (Å²) >= 11 is 0. The number of fused-ring (bicyclic) bond motifs is 2. The smallest absolute Gasteiger partial charge is 0.317 e. The van der Waals surface area contributed by atoms with Gasteiger partial charge >= 0.3 is 5.97 Å². The van der Waals surface area contributed by atoms with Crippen LogP contribution < -0.4 is 0 Å². The van der Waals surface area contributed by atoms with Gasteiger partial charge in [0.05, 0.1) is 5.41 Å². The third kappa shape index (κ3) is 1.84. The number of allylic oxidation sites excluding steroid dienone is 1. The SMILES string of the molecule is CC(=O)C1=CC2CCC1(C(=O)OC1(C)C3CC4CC(C3)CC1C4)C2. The van der Waals surface area contributed by atoms with Crippen LogP contribution in [0.15, 0.2) is 11.6 Å². The molecule has 6 rings (SSSR count). The highest BCUT2D eigenvalue weighted by molar-refractivity contribution is 6.02. The third-order valence-corrected chi connectivity index (χ3v) is 8.31. The minimum absolute atomic E-state index is 0.0596. The van der Waals surface area contributed by atoms with E-state index in [2.05, 4.69) is 13.0 Å². The Bertz CT molecular complexity index is 617. The molecule has 3 heteroatoms. The Balaban J connectivity index is 1.43. The van der Waals surface area contributed by atoms with Crippen LogP contribution in [0, 0.1) is 35.0 Å². The van der Waals surface area contributed by atoms with Crippen molar-refractivity contribution in [3.63, 3.8) is 0 Å². The Hall–Kier alpha value is -1.12. The van der Waals surface area contributed by atoms with Crippen molar-refractivity contribution in [3.8, 4) is 0 Å². The average molecular weight is 328 g/mol. The van der Waals surface area contributed by atoms with E-state index in [1.54, 1.807) is 6.92 Å². The molecule has 0 amide bonds. The van der Waals surface area contributed by atoms with Gasteiger partial charge in [0.15, 0.2) is 5.78 Å². The molecule has 6 aliphatic carbocycles. The molecule has 3 nitrogen and oxygen atoms in total. The normalized spacial score (nSPS) is 50.9. The first-order chi connectivity index (χ1) is 11.4. The van der Waals surface area contributed by atoms with Crippen LogP contribution in [-0.2, 0) is 14.3 Å². The van der Waals surface area contributed by atoms with Gasteiger partial charge < -0.3 is 4.74 Å². The maximum absolute atomic E-state index is 13.3. The summed E-state index contributed by atoms with van der Waals surface area (Å²) < 4.78 is 6.37. The van der Waals surface area contributed by atoms with E-state index in [0.29, 0.717) is 17.8 Å². The first-order valence-corrected chi connectivity index (χ1v) is 9.87. The van der Waals surface area contributed by atoms with E-state index in [1.165, 1.54) is 32.1 Å². The number of Topliss-reactive ketones (excluding diaryl/α,β-unsaturated/α-hetero) is 1. The van der Waals surface area contributed by atoms with Crippen LogP contribution in [-0.4, -0.2) is 17.4 Å². The Morgan fingerprint density at radius 2 is 1.71 bits per heavy atom. The molecule has 2 atom stereocenters. The van der Waals surface area contributed by atoms with Crippen LogP contribution in [0.1, 0.15) is 65.2 Å². The van der Waals surface area contributed by atoms with Gasteiger partial charge in [-0.15, -0.1) is 0 Å². The predicted octanol–water partition coefficient (Wildman–Crippen LogP) is 4.06. The fourth-order valence-corrected chi connectivity index (χ4v) is 7.20. The standard InChI is InChI=1S/C21H28O3/c1-12(22)18-10-13-3-4-21(18,11-13)19(23)24-20(2)16-6-14-5-15(8-16)9-17(20)7-14/h10,13-17H,3-9,11H2,1-2H3. The van der Waals surface area contributed by atoms with Gasteiger partial charge in [-0.25, -0.2) is 0 Å². The topological polar surface area (TPSA) is 43.4 Å². The second-order valence-corrected chi connectivity index (χ2v) is 9.60. The molecule has 0 N–H and O–H groups in total. The summed E-state index contributed by atoms with van der Waals surface area (Å²) in [6.45, 7) is 3.80. The molecule has 0 aromatic heterocycles. The van der Waals surface area contributed by atoms with E-state index < -0.39 is 5.41 Å². The number of hydrogen-bond donors (Lipinski definition) is 0. The van der Waals surface area contributed by atoms with E-state index in [9.17, 15) is 9.59 Å². The molecule has 0 heterocycles. The molecule has 24 heavy (non-hydrogen) atoms. The molecule has 5 saturated carbocycles. The lowest BCUT2D eigenvalue weighted by atomic mass is 9.50. The molecule has 0 spiro atoms. The van der Waals surface area contributed by atoms with Crippen LogP contribution in [0.5, 0.6) is 0 Å². The van der Waals surface area contributed by atoms with Crippen molar-refractivity contribution in [1.29, 1.82) is 0 Å². The van der Waals surface area contributed by atoms with E-state index in [4.69, 9.17) is 4.74 Å². The minimum Gasteiger partial charge on any atom is -0.458 e. The summed E-state index contributed by atoms with van der Waals surface area (Å²) in [5.74, 6) is 3.20. The first-order valence-electron chi connectivity index (χ1n) is 9.87. The zero-order chi connectivity index (χ0) is 16.7. The van der Waals surface area contributed by atoms with Crippen molar-refractivity contribution in [2.75, 3.05) is 0 Å². The van der Waals surface area contributed by atoms with Gasteiger partial charge in [0.2, 0.25) is 0 Å². The second-order valence-electron chi connectivity index (χ2n) is 9.60. The molecule has 5 fully saturated rings. The van der Waals surface area contributed by atoms with Crippen molar-refractivity contribution in [2.45, 2.75) is 70.8 Å². The van der Waals surface area contributed by atoms with E-state index in [1.807, 2.05) is 0 Å². The van der Waals surface area contributed by atoms with Crippen LogP contribution in [0.2, 0.25) is 0 Å². The molecule has 0 aliphatic heterocycles. The highest BCUT2D eigenvalue weighted by Gasteiger charge is 2.60. The Morgan fingerprint density at radius 1 is 1.08 bits per heavy atom. The maximum atomic E-state index is 13.3. The predicted molar refractivity (Wildman–Crippen MR) is 90.1 cm³/mol. The summed E-state index contributed by atoms with van der Waals surface area (Å²) in [6.07, 6.45) is 11.1. The highest BCUT2D eigenvalue weighted by atomic mass is 16.6. The monoisotopic (exact) mass is 328 g/mol. The molecule has 130 valence electrons. The van der Waals surface area contributed by atoms with E-state index in [0.717, 1.165) is 36.7 Å². The van der Waals surface area contributed by atoms with Crippen LogP contribution in [0.3, 0.4) is 0 Å². The number of carbonyl (C=O) groups excluding carboxylic acids is 2. The molecule has 0 saturated heterocycles. The largest absolute Gasteiger partial charge is 0.458 e. The maximum Gasteiger partial charge on any atom is 0.317 e. The quantitative estimate of drug-likeness (QED) is 0.734.